The van der Waals surface area contributed by atoms with E-state index < -0.39 is 0 Å². The number of hydrogen-bond acceptors (Lipinski definition) is 9. The quantitative estimate of drug-likeness (QED) is 0.276. The largest absolute Gasteiger partial charge is 0.497 e. The monoisotopic (exact) mass is 484 g/mol. The van der Waals surface area contributed by atoms with Crippen molar-refractivity contribution in [3.63, 3.8) is 0 Å². The van der Waals surface area contributed by atoms with Crippen LogP contribution < -0.4 is 24.8 Å². The second-order valence-corrected chi connectivity index (χ2v) is 8.58. The Kier molecular flexibility index (Phi) is 7.49. The predicted octanol–water partition coefficient (Wildman–Crippen LogP) is 3.42. The van der Waals surface area contributed by atoms with Crippen molar-refractivity contribution in [3.05, 3.63) is 59.1 Å². The van der Waals surface area contributed by atoms with Crippen molar-refractivity contribution < 1.29 is 23.7 Å². The molecule has 2 aliphatic heterocycles. The lowest BCUT2D eigenvalue weighted by Gasteiger charge is -2.28. The lowest BCUT2D eigenvalue weighted by molar-refractivity contribution is 0.138. The van der Waals surface area contributed by atoms with Gasteiger partial charge >= 0.3 is 0 Å². The number of rotatable bonds is 7. The molecule has 2 heterocycles. The highest BCUT2D eigenvalue weighted by atomic mass is 32.2. The van der Waals surface area contributed by atoms with Crippen molar-refractivity contribution in [2.75, 3.05) is 40.3 Å². The molecule has 0 radical (unpaired) electrons. The summed E-state index contributed by atoms with van der Waals surface area (Å²) in [5, 5.41) is 11.2. The van der Waals surface area contributed by atoms with E-state index in [0.29, 0.717) is 58.4 Å². The minimum absolute atomic E-state index is 0.000372. The predicted molar refractivity (Wildman–Crippen MR) is 133 cm³/mol. The number of hydrogen-bond donors (Lipinski definition) is 1. The molecule has 1 fully saturated rings. The van der Waals surface area contributed by atoms with Crippen LogP contribution >= 0.6 is 11.8 Å². The fraction of sp³-hybridized carbons (Fsp3) is 0.333. The Bertz CT molecular complexity index is 1110. The molecule has 0 saturated carbocycles. The molecular weight excluding hydrogens is 456 g/mol. The molecule has 180 valence electrons. The molecule has 10 heteroatoms. The summed E-state index contributed by atoms with van der Waals surface area (Å²) in [6, 6.07) is 11.2. The maximum atomic E-state index is 6.15. The van der Waals surface area contributed by atoms with Gasteiger partial charge in [-0.15, -0.1) is 11.8 Å². The third-order valence-corrected chi connectivity index (χ3v) is 6.41. The number of hydrazone groups is 2. The van der Waals surface area contributed by atoms with E-state index in [2.05, 4.69) is 11.7 Å². The lowest BCUT2D eigenvalue weighted by atomic mass is 10.1. The molecule has 2 aromatic carbocycles. The van der Waals surface area contributed by atoms with Crippen molar-refractivity contribution in [2.24, 2.45) is 16.0 Å². The first-order valence-corrected chi connectivity index (χ1v) is 11.7. The number of thioether (sulfide) groups is 1. The average molecular weight is 485 g/mol. The molecule has 0 unspecified atom stereocenters. The van der Waals surface area contributed by atoms with E-state index >= 15 is 0 Å². The van der Waals surface area contributed by atoms with Gasteiger partial charge in [0.1, 0.15) is 17.6 Å². The molecule has 1 saturated heterocycles. The number of nitrogens with two attached hydrogens (primary N) is 1. The van der Waals surface area contributed by atoms with E-state index in [4.69, 9.17) is 34.6 Å². The molecule has 2 aromatic rings. The van der Waals surface area contributed by atoms with E-state index in [-0.39, 0.29) is 6.10 Å². The fourth-order valence-electron chi connectivity index (χ4n) is 3.69. The molecule has 0 bridgehead atoms. The van der Waals surface area contributed by atoms with E-state index in [1.807, 2.05) is 18.2 Å². The molecule has 0 aromatic heterocycles. The van der Waals surface area contributed by atoms with Gasteiger partial charge in [-0.1, -0.05) is 6.58 Å². The lowest BCUT2D eigenvalue weighted by Crippen LogP contribution is -2.31. The summed E-state index contributed by atoms with van der Waals surface area (Å²) in [5.74, 6) is 9.39. The van der Waals surface area contributed by atoms with Gasteiger partial charge in [0.25, 0.3) is 0 Å². The normalized spacial score (nSPS) is 18.5. The van der Waals surface area contributed by atoms with Gasteiger partial charge in [0, 0.05) is 17.7 Å². The second kappa shape index (κ2) is 10.7. The topological polar surface area (TPSA) is 100 Å². The van der Waals surface area contributed by atoms with Gasteiger partial charge in [-0.25, -0.2) is 5.01 Å². The molecule has 4 rings (SSSR count). The number of benzene rings is 2. The van der Waals surface area contributed by atoms with Crippen LogP contribution in [0.5, 0.6) is 23.0 Å². The van der Waals surface area contributed by atoms with Crippen molar-refractivity contribution in [2.45, 2.75) is 12.5 Å². The number of ether oxygens (including phenoxy) is 5. The van der Waals surface area contributed by atoms with E-state index in [1.165, 1.54) is 11.8 Å². The average Bonchev–Trinajstić information content (AvgIpc) is 3.38. The zero-order valence-electron chi connectivity index (χ0n) is 19.4. The first-order valence-electron chi connectivity index (χ1n) is 10.7. The summed E-state index contributed by atoms with van der Waals surface area (Å²) < 4.78 is 28.0. The second-order valence-electron chi connectivity index (χ2n) is 7.53. The maximum Gasteiger partial charge on any atom is 0.184 e. The van der Waals surface area contributed by atoms with Gasteiger partial charge in [0.15, 0.2) is 17.3 Å². The summed E-state index contributed by atoms with van der Waals surface area (Å²) in [6.07, 6.45) is 0.843. The Morgan fingerprint density at radius 2 is 1.91 bits per heavy atom. The molecule has 0 aliphatic carbocycles. The third kappa shape index (κ3) is 4.92. The molecule has 1 atom stereocenters. The SMILES string of the molecule is C=C1SCC(c2ccc(OC)c(O[C@@H]3CCOC3)c2)=NN1/C(=N\N)c1cc(OC)ccc1OC. The number of amidine groups is 1. The molecule has 9 nitrogen and oxygen atoms in total. The Balaban J connectivity index is 1.69. The minimum atomic E-state index is -0.000372. The highest BCUT2D eigenvalue weighted by Crippen LogP contribution is 2.35. The Labute approximate surface area is 203 Å². The van der Waals surface area contributed by atoms with Crippen LogP contribution in [0.1, 0.15) is 17.5 Å². The summed E-state index contributed by atoms with van der Waals surface area (Å²) in [5.41, 5.74) is 2.35. The summed E-state index contributed by atoms with van der Waals surface area (Å²) in [6.45, 7) is 5.41. The summed E-state index contributed by atoms with van der Waals surface area (Å²) in [7, 11) is 4.80. The molecule has 2 aliphatic rings. The van der Waals surface area contributed by atoms with E-state index in [0.717, 1.165) is 17.7 Å². The van der Waals surface area contributed by atoms with E-state index in [1.54, 1.807) is 44.5 Å². The number of methoxy groups -OCH3 is 3. The molecular formula is C24H28N4O5S. The van der Waals surface area contributed by atoms with Gasteiger partial charge in [-0.05, 0) is 36.4 Å². The van der Waals surface area contributed by atoms with Crippen LogP contribution in [0.25, 0.3) is 0 Å². The Morgan fingerprint density at radius 1 is 1.12 bits per heavy atom. The van der Waals surface area contributed by atoms with Crippen LogP contribution in [0, 0.1) is 0 Å². The molecule has 0 amide bonds. The summed E-state index contributed by atoms with van der Waals surface area (Å²) in [4.78, 5) is 0. The molecule has 34 heavy (non-hydrogen) atoms. The highest BCUT2D eigenvalue weighted by molar-refractivity contribution is 8.03. The Hall–Kier alpha value is -3.37. The van der Waals surface area contributed by atoms with Crippen LogP contribution in [-0.2, 0) is 4.74 Å². The zero-order chi connectivity index (χ0) is 24.1. The molecule has 0 spiro atoms. The van der Waals surface area contributed by atoms with Gasteiger partial charge in [-0.2, -0.15) is 10.2 Å². The van der Waals surface area contributed by atoms with Crippen LogP contribution in [-0.4, -0.2) is 63.0 Å². The highest BCUT2D eigenvalue weighted by Gasteiger charge is 2.27. The van der Waals surface area contributed by atoms with Crippen LogP contribution in [0.3, 0.4) is 0 Å². The van der Waals surface area contributed by atoms with Gasteiger partial charge in [0.05, 0.1) is 50.8 Å². The van der Waals surface area contributed by atoms with Crippen molar-refractivity contribution in [3.8, 4) is 23.0 Å². The standard InChI is InChI=1S/C24H28N4O5S/c1-15-28(24(26-25)19-12-17(29-2)6-8-21(19)30-3)27-20(14-34-15)16-5-7-22(31-4)23(11-16)33-18-9-10-32-13-18/h5-8,11-12,18H,1,9-10,13-14,25H2,2-4H3/b26-24-/t18-/m1/s1. The van der Waals surface area contributed by atoms with Crippen molar-refractivity contribution in [1.29, 1.82) is 0 Å². The molecule has 2 N–H and O–H groups in total. The Morgan fingerprint density at radius 3 is 2.59 bits per heavy atom. The smallest absolute Gasteiger partial charge is 0.184 e. The van der Waals surface area contributed by atoms with Crippen molar-refractivity contribution >= 4 is 23.3 Å². The first kappa shape index (κ1) is 23.8. The van der Waals surface area contributed by atoms with Crippen molar-refractivity contribution in [1.82, 2.24) is 5.01 Å². The van der Waals surface area contributed by atoms with Gasteiger partial charge in [0.2, 0.25) is 0 Å². The van der Waals surface area contributed by atoms with Crippen LogP contribution in [0.4, 0.5) is 0 Å². The third-order valence-electron chi connectivity index (χ3n) is 5.48. The maximum absolute atomic E-state index is 6.15. The summed E-state index contributed by atoms with van der Waals surface area (Å²) >= 11 is 1.54. The van der Waals surface area contributed by atoms with Gasteiger partial charge < -0.3 is 29.5 Å². The fourth-order valence-corrected chi connectivity index (χ4v) is 4.46. The first-order chi connectivity index (χ1) is 16.6. The zero-order valence-corrected chi connectivity index (χ0v) is 20.3. The van der Waals surface area contributed by atoms with Crippen LogP contribution in [0.2, 0.25) is 0 Å². The van der Waals surface area contributed by atoms with Gasteiger partial charge in [-0.3, -0.25) is 0 Å². The van der Waals surface area contributed by atoms with E-state index in [9.17, 15) is 0 Å². The van der Waals surface area contributed by atoms with Crippen LogP contribution in [0.15, 0.2) is 58.2 Å². The minimum Gasteiger partial charge on any atom is -0.497 e. The number of nitrogens with zero attached hydrogens (tertiary/aromatic N) is 3.